The fourth-order valence-corrected chi connectivity index (χ4v) is 2.70. The molecular formula is C17H23ClN4O2. The zero-order valence-electron chi connectivity index (χ0n) is 13.9. The molecule has 2 heterocycles. The van der Waals surface area contributed by atoms with Gasteiger partial charge in [-0.25, -0.2) is 0 Å². The lowest BCUT2D eigenvalue weighted by Gasteiger charge is -2.25. The van der Waals surface area contributed by atoms with Crippen LogP contribution in [0.3, 0.4) is 0 Å². The summed E-state index contributed by atoms with van der Waals surface area (Å²) in [5.74, 6) is 2.07. The number of nitrogens with zero attached hydrogens (tertiary/aromatic N) is 3. The topological polar surface area (TPSA) is 81.3 Å². The van der Waals surface area contributed by atoms with Crippen molar-refractivity contribution in [2.45, 2.75) is 39.4 Å². The van der Waals surface area contributed by atoms with Gasteiger partial charge in [-0.1, -0.05) is 30.3 Å². The number of furan rings is 1. The van der Waals surface area contributed by atoms with E-state index in [9.17, 15) is 0 Å². The van der Waals surface area contributed by atoms with Gasteiger partial charge in [0.1, 0.15) is 11.3 Å². The van der Waals surface area contributed by atoms with E-state index in [2.05, 4.69) is 41.0 Å². The number of fused-ring (bicyclic) bond motifs is 1. The SMILES string of the molecule is CCCN(Cc1noc(CN)n1)C(C)c1cc2ccccc2o1.Cl. The Morgan fingerprint density at radius 1 is 1.29 bits per heavy atom. The minimum Gasteiger partial charge on any atom is -0.459 e. The third-order valence-corrected chi connectivity index (χ3v) is 3.94. The minimum absolute atomic E-state index is 0. The summed E-state index contributed by atoms with van der Waals surface area (Å²) >= 11 is 0. The van der Waals surface area contributed by atoms with E-state index in [0.717, 1.165) is 29.7 Å². The molecule has 0 aliphatic carbocycles. The molecule has 0 saturated heterocycles. The Labute approximate surface area is 147 Å². The van der Waals surface area contributed by atoms with Crippen LogP contribution in [-0.4, -0.2) is 21.6 Å². The molecule has 6 nitrogen and oxygen atoms in total. The Morgan fingerprint density at radius 3 is 2.75 bits per heavy atom. The maximum atomic E-state index is 6.00. The van der Waals surface area contributed by atoms with Crippen LogP contribution in [0.25, 0.3) is 11.0 Å². The lowest BCUT2D eigenvalue weighted by Crippen LogP contribution is -2.27. The van der Waals surface area contributed by atoms with Gasteiger partial charge in [-0.3, -0.25) is 4.90 Å². The molecule has 24 heavy (non-hydrogen) atoms. The van der Waals surface area contributed by atoms with Crippen LogP contribution in [0.2, 0.25) is 0 Å². The highest BCUT2D eigenvalue weighted by Gasteiger charge is 2.21. The van der Waals surface area contributed by atoms with Crippen LogP contribution in [0.4, 0.5) is 0 Å². The van der Waals surface area contributed by atoms with E-state index in [1.165, 1.54) is 0 Å². The van der Waals surface area contributed by atoms with Crippen LogP contribution >= 0.6 is 12.4 Å². The summed E-state index contributed by atoms with van der Waals surface area (Å²) < 4.78 is 11.1. The fraction of sp³-hybridized carbons (Fsp3) is 0.412. The first kappa shape index (κ1) is 18.4. The molecule has 1 unspecified atom stereocenters. The summed E-state index contributed by atoms with van der Waals surface area (Å²) in [4.78, 5) is 6.58. The number of hydrogen-bond acceptors (Lipinski definition) is 6. The van der Waals surface area contributed by atoms with Crippen molar-refractivity contribution in [2.75, 3.05) is 6.54 Å². The Balaban J connectivity index is 0.00000208. The van der Waals surface area contributed by atoms with Gasteiger partial charge in [-0.2, -0.15) is 4.98 Å². The van der Waals surface area contributed by atoms with Gasteiger partial charge in [-0.15, -0.1) is 12.4 Å². The maximum Gasteiger partial charge on any atom is 0.240 e. The highest BCUT2D eigenvalue weighted by molar-refractivity contribution is 5.85. The van der Waals surface area contributed by atoms with Crippen LogP contribution in [0.1, 0.15) is 43.8 Å². The number of rotatable bonds is 7. The van der Waals surface area contributed by atoms with Gasteiger partial charge in [0.05, 0.1) is 19.1 Å². The maximum absolute atomic E-state index is 6.00. The third-order valence-electron chi connectivity index (χ3n) is 3.94. The van der Waals surface area contributed by atoms with Crippen molar-refractivity contribution in [3.05, 3.63) is 47.8 Å². The molecule has 0 amide bonds. The summed E-state index contributed by atoms with van der Waals surface area (Å²) in [6.07, 6.45) is 1.03. The number of nitrogens with two attached hydrogens (primary N) is 1. The molecule has 0 aliphatic heterocycles. The normalized spacial score (nSPS) is 12.5. The summed E-state index contributed by atoms with van der Waals surface area (Å²) in [6, 6.07) is 10.3. The van der Waals surface area contributed by atoms with Gasteiger partial charge in [0.2, 0.25) is 5.89 Å². The van der Waals surface area contributed by atoms with Gasteiger partial charge >= 0.3 is 0 Å². The smallest absolute Gasteiger partial charge is 0.240 e. The van der Waals surface area contributed by atoms with E-state index >= 15 is 0 Å². The zero-order valence-corrected chi connectivity index (χ0v) is 14.8. The van der Waals surface area contributed by atoms with Crippen LogP contribution in [-0.2, 0) is 13.1 Å². The van der Waals surface area contributed by atoms with E-state index in [4.69, 9.17) is 14.7 Å². The van der Waals surface area contributed by atoms with Crippen molar-refractivity contribution in [3.63, 3.8) is 0 Å². The van der Waals surface area contributed by atoms with Crippen LogP contribution in [0.5, 0.6) is 0 Å². The summed E-state index contributed by atoms with van der Waals surface area (Å²) in [7, 11) is 0. The van der Waals surface area contributed by atoms with Gasteiger partial charge in [0, 0.05) is 5.39 Å². The molecule has 0 saturated carbocycles. The molecule has 7 heteroatoms. The third kappa shape index (κ3) is 3.95. The van der Waals surface area contributed by atoms with Crippen molar-refractivity contribution < 1.29 is 8.94 Å². The largest absolute Gasteiger partial charge is 0.459 e. The Kier molecular flexibility index (Phi) is 6.36. The van der Waals surface area contributed by atoms with E-state index in [1.807, 2.05) is 18.2 Å². The van der Waals surface area contributed by atoms with Crippen molar-refractivity contribution in [1.29, 1.82) is 0 Å². The van der Waals surface area contributed by atoms with E-state index < -0.39 is 0 Å². The standard InChI is InChI=1S/C17H22N4O2.ClH/c1-3-8-21(11-16-19-17(10-18)23-20-16)12(2)15-9-13-6-4-5-7-14(13)22-15;/h4-7,9,12H,3,8,10-11,18H2,1-2H3;1H. The first-order chi connectivity index (χ1) is 11.2. The number of benzene rings is 1. The number of aromatic nitrogens is 2. The summed E-state index contributed by atoms with van der Waals surface area (Å²) in [5.41, 5.74) is 6.43. The van der Waals surface area contributed by atoms with Crippen molar-refractivity contribution in [3.8, 4) is 0 Å². The summed E-state index contributed by atoms with van der Waals surface area (Å²) in [6.45, 7) is 6.08. The average Bonchev–Trinajstić information content (AvgIpc) is 3.20. The lowest BCUT2D eigenvalue weighted by molar-refractivity contribution is 0.175. The van der Waals surface area contributed by atoms with E-state index in [1.54, 1.807) is 0 Å². The highest BCUT2D eigenvalue weighted by Crippen LogP contribution is 2.28. The Bertz CT molecular complexity index is 738. The molecule has 130 valence electrons. The molecule has 0 spiro atoms. The van der Waals surface area contributed by atoms with Crippen LogP contribution < -0.4 is 5.73 Å². The summed E-state index contributed by atoms with van der Waals surface area (Å²) in [5, 5.41) is 5.11. The molecule has 1 aromatic carbocycles. The Hall–Kier alpha value is -1.89. The molecule has 3 rings (SSSR count). The first-order valence-corrected chi connectivity index (χ1v) is 7.95. The van der Waals surface area contributed by atoms with Crippen molar-refractivity contribution in [2.24, 2.45) is 5.73 Å². The molecule has 3 aromatic rings. The number of hydrogen-bond donors (Lipinski definition) is 1. The molecule has 0 radical (unpaired) electrons. The Morgan fingerprint density at radius 2 is 2.08 bits per heavy atom. The molecule has 2 aromatic heterocycles. The monoisotopic (exact) mass is 350 g/mol. The highest BCUT2D eigenvalue weighted by atomic mass is 35.5. The second-order valence-corrected chi connectivity index (χ2v) is 5.64. The van der Waals surface area contributed by atoms with E-state index in [-0.39, 0.29) is 25.0 Å². The first-order valence-electron chi connectivity index (χ1n) is 7.95. The number of halogens is 1. The molecule has 0 aliphatic rings. The molecular weight excluding hydrogens is 328 g/mol. The number of para-hydroxylation sites is 1. The zero-order chi connectivity index (χ0) is 16.2. The quantitative estimate of drug-likeness (QED) is 0.700. The van der Waals surface area contributed by atoms with Crippen molar-refractivity contribution in [1.82, 2.24) is 15.0 Å². The minimum atomic E-state index is 0. The van der Waals surface area contributed by atoms with Gasteiger partial charge in [0.15, 0.2) is 5.82 Å². The van der Waals surface area contributed by atoms with Gasteiger partial charge in [-0.05, 0) is 32.0 Å². The van der Waals surface area contributed by atoms with E-state index in [0.29, 0.717) is 18.3 Å². The molecule has 1 atom stereocenters. The predicted molar refractivity (Wildman–Crippen MR) is 94.8 cm³/mol. The molecule has 0 fully saturated rings. The molecule has 2 N–H and O–H groups in total. The fourth-order valence-electron chi connectivity index (χ4n) is 2.70. The van der Waals surface area contributed by atoms with Crippen LogP contribution in [0, 0.1) is 0 Å². The van der Waals surface area contributed by atoms with Crippen LogP contribution in [0.15, 0.2) is 39.3 Å². The molecule has 0 bridgehead atoms. The van der Waals surface area contributed by atoms with Gasteiger partial charge < -0.3 is 14.7 Å². The second-order valence-electron chi connectivity index (χ2n) is 5.64. The van der Waals surface area contributed by atoms with Crippen molar-refractivity contribution >= 4 is 23.4 Å². The lowest BCUT2D eigenvalue weighted by atomic mass is 10.2. The average molecular weight is 351 g/mol. The predicted octanol–water partition coefficient (Wildman–Crippen LogP) is 3.67. The van der Waals surface area contributed by atoms with Gasteiger partial charge in [0.25, 0.3) is 0 Å². The second kappa shape index (κ2) is 8.28.